The smallest absolute Gasteiger partial charge is 0.339 e. The van der Waals surface area contributed by atoms with E-state index in [9.17, 15) is 18.0 Å². The van der Waals surface area contributed by atoms with Crippen molar-refractivity contribution in [2.24, 2.45) is 5.41 Å². The molecule has 0 atom stereocenters. The van der Waals surface area contributed by atoms with Crippen molar-refractivity contribution in [3.63, 3.8) is 0 Å². The Morgan fingerprint density at radius 3 is 2.29 bits per heavy atom. The average Bonchev–Trinajstić information content (AvgIpc) is 2.59. The van der Waals surface area contributed by atoms with Crippen LogP contribution in [0.15, 0.2) is 51.8 Å². The summed E-state index contributed by atoms with van der Waals surface area (Å²) in [4.78, 5) is 23.9. The number of benzene rings is 2. The topological polar surface area (TPSA) is 102 Å². The van der Waals surface area contributed by atoms with Crippen molar-refractivity contribution in [2.45, 2.75) is 25.7 Å². The Morgan fingerprint density at radius 1 is 1.04 bits per heavy atom. The van der Waals surface area contributed by atoms with E-state index < -0.39 is 21.4 Å². The monoisotopic (exact) mass is 468 g/mol. The van der Waals surface area contributed by atoms with Gasteiger partial charge in [-0.2, -0.15) is 0 Å². The Balaban J connectivity index is 2.35. The first-order valence-electron chi connectivity index (χ1n) is 8.26. The summed E-state index contributed by atoms with van der Waals surface area (Å²) in [6, 6.07) is 10.5. The van der Waals surface area contributed by atoms with Crippen LogP contribution in [-0.2, 0) is 19.6 Å². The standard InChI is InChI=1S/C19H21BrN2O5S/c1-19(2,3)18(24)21-13-6-5-7-14(11-13)22-28(25,26)16-9-8-12(20)10-15(16)17(23)27-4/h5-11,22H,1-4H3,(H,21,24). The lowest BCUT2D eigenvalue weighted by atomic mass is 9.95. The number of hydrogen-bond acceptors (Lipinski definition) is 5. The number of anilines is 2. The number of carbonyl (C=O) groups excluding carboxylic acids is 2. The molecule has 0 radical (unpaired) electrons. The molecule has 0 saturated heterocycles. The van der Waals surface area contributed by atoms with Gasteiger partial charge < -0.3 is 10.1 Å². The Hall–Kier alpha value is -2.39. The van der Waals surface area contributed by atoms with Gasteiger partial charge in [0.2, 0.25) is 5.91 Å². The molecule has 0 aliphatic rings. The van der Waals surface area contributed by atoms with Crippen LogP contribution in [0.3, 0.4) is 0 Å². The van der Waals surface area contributed by atoms with Crippen molar-refractivity contribution in [3.8, 4) is 0 Å². The second kappa shape index (κ2) is 8.32. The largest absolute Gasteiger partial charge is 0.465 e. The maximum absolute atomic E-state index is 12.8. The highest BCUT2D eigenvalue weighted by atomic mass is 79.9. The third kappa shape index (κ3) is 5.32. The van der Waals surface area contributed by atoms with Crippen LogP contribution in [0.25, 0.3) is 0 Å². The fourth-order valence-electron chi connectivity index (χ4n) is 2.20. The maximum Gasteiger partial charge on any atom is 0.339 e. The third-order valence-electron chi connectivity index (χ3n) is 3.69. The highest BCUT2D eigenvalue weighted by molar-refractivity contribution is 9.10. The molecule has 0 aromatic heterocycles. The van der Waals surface area contributed by atoms with Gasteiger partial charge in [-0.1, -0.05) is 42.8 Å². The molecule has 0 bridgehead atoms. The molecular formula is C19H21BrN2O5S. The fourth-order valence-corrected chi connectivity index (χ4v) is 3.78. The Kier molecular flexibility index (Phi) is 6.51. The van der Waals surface area contributed by atoms with Gasteiger partial charge in [0.1, 0.15) is 4.90 Å². The molecule has 150 valence electrons. The number of esters is 1. The molecule has 7 nitrogen and oxygen atoms in total. The van der Waals surface area contributed by atoms with Crippen molar-refractivity contribution in [1.82, 2.24) is 0 Å². The van der Waals surface area contributed by atoms with Crippen LogP contribution in [0.4, 0.5) is 11.4 Å². The van der Waals surface area contributed by atoms with Gasteiger partial charge in [0.25, 0.3) is 10.0 Å². The maximum atomic E-state index is 12.8. The first-order valence-corrected chi connectivity index (χ1v) is 10.5. The molecule has 0 heterocycles. The molecule has 2 rings (SSSR count). The number of amides is 1. The Bertz CT molecular complexity index is 1010. The molecule has 2 aromatic carbocycles. The minimum absolute atomic E-state index is 0.0958. The molecule has 1 amide bonds. The Morgan fingerprint density at radius 2 is 1.68 bits per heavy atom. The number of hydrogen-bond donors (Lipinski definition) is 2. The van der Waals surface area contributed by atoms with Crippen LogP contribution in [0.1, 0.15) is 31.1 Å². The van der Waals surface area contributed by atoms with E-state index in [1.54, 1.807) is 39.0 Å². The van der Waals surface area contributed by atoms with Gasteiger partial charge in [0.05, 0.1) is 18.4 Å². The van der Waals surface area contributed by atoms with Gasteiger partial charge in [-0.05, 0) is 36.4 Å². The lowest BCUT2D eigenvalue weighted by Crippen LogP contribution is -2.27. The number of carbonyl (C=O) groups is 2. The zero-order valence-corrected chi connectivity index (χ0v) is 18.3. The second-order valence-electron chi connectivity index (χ2n) is 7.02. The van der Waals surface area contributed by atoms with E-state index in [-0.39, 0.29) is 22.1 Å². The van der Waals surface area contributed by atoms with Crippen molar-refractivity contribution in [2.75, 3.05) is 17.1 Å². The number of sulfonamides is 1. The minimum atomic E-state index is -4.07. The predicted molar refractivity (Wildman–Crippen MR) is 111 cm³/mol. The van der Waals surface area contributed by atoms with Crippen molar-refractivity contribution in [3.05, 3.63) is 52.5 Å². The van der Waals surface area contributed by atoms with Crippen LogP contribution < -0.4 is 10.0 Å². The van der Waals surface area contributed by atoms with Crippen LogP contribution in [0.2, 0.25) is 0 Å². The number of halogens is 1. The fraction of sp³-hybridized carbons (Fsp3) is 0.263. The van der Waals surface area contributed by atoms with Crippen LogP contribution in [0, 0.1) is 5.41 Å². The van der Waals surface area contributed by atoms with Gasteiger partial charge in [0, 0.05) is 15.6 Å². The van der Waals surface area contributed by atoms with Crippen LogP contribution in [-0.4, -0.2) is 27.4 Å². The number of nitrogens with one attached hydrogen (secondary N) is 2. The summed E-state index contributed by atoms with van der Waals surface area (Å²) in [5.41, 5.74) is -0.00125. The van der Waals surface area contributed by atoms with Gasteiger partial charge in [-0.3, -0.25) is 9.52 Å². The third-order valence-corrected chi connectivity index (χ3v) is 5.62. The van der Waals surface area contributed by atoms with E-state index in [1.807, 2.05) is 0 Å². The van der Waals surface area contributed by atoms with Gasteiger partial charge in [-0.15, -0.1) is 0 Å². The normalized spacial score (nSPS) is 11.6. The van der Waals surface area contributed by atoms with E-state index in [4.69, 9.17) is 0 Å². The average molecular weight is 469 g/mol. The van der Waals surface area contributed by atoms with E-state index in [0.29, 0.717) is 10.2 Å². The number of rotatable bonds is 5. The quantitative estimate of drug-likeness (QED) is 0.645. The van der Waals surface area contributed by atoms with E-state index >= 15 is 0 Å². The lowest BCUT2D eigenvalue weighted by molar-refractivity contribution is -0.123. The van der Waals surface area contributed by atoms with E-state index in [0.717, 1.165) is 0 Å². The predicted octanol–water partition coefficient (Wildman–Crippen LogP) is 4.02. The van der Waals surface area contributed by atoms with Gasteiger partial charge in [-0.25, -0.2) is 13.2 Å². The van der Waals surface area contributed by atoms with Crippen molar-refractivity contribution in [1.29, 1.82) is 0 Å². The van der Waals surface area contributed by atoms with Crippen molar-refractivity contribution >= 4 is 49.2 Å². The molecule has 9 heteroatoms. The van der Waals surface area contributed by atoms with E-state index in [1.165, 1.54) is 31.4 Å². The summed E-state index contributed by atoms with van der Waals surface area (Å²) in [6.45, 7) is 5.32. The second-order valence-corrected chi connectivity index (χ2v) is 9.59. The summed E-state index contributed by atoms with van der Waals surface area (Å²) in [5, 5.41) is 2.74. The molecule has 0 aliphatic heterocycles. The molecule has 0 saturated carbocycles. The summed E-state index contributed by atoms with van der Waals surface area (Å²) in [6.07, 6.45) is 0. The molecule has 0 fully saturated rings. The molecule has 0 aliphatic carbocycles. The lowest BCUT2D eigenvalue weighted by Gasteiger charge is -2.18. The zero-order chi connectivity index (χ0) is 21.1. The molecule has 0 unspecified atom stereocenters. The van der Waals surface area contributed by atoms with Crippen LogP contribution in [0.5, 0.6) is 0 Å². The highest BCUT2D eigenvalue weighted by Gasteiger charge is 2.24. The minimum Gasteiger partial charge on any atom is -0.465 e. The molecular weight excluding hydrogens is 448 g/mol. The van der Waals surface area contributed by atoms with Crippen molar-refractivity contribution < 1.29 is 22.7 Å². The molecule has 2 aromatic rings. The van der Waals surface area contributed by atoms with Crippen LogP contribution >= 0.6 is 15.9 Å². The number of methoxy groups -OCH3 is 1. The SMILES string of the molecule is COC(=O)c1cc(Br)ccc1S(=O)(=O)Nc1cccc(NC(=O)C(C)(C)C)c1. The van der Waals surface area contributed by atoms with Gasteiger partial charge in [0.15, 0.2) is 0 Å². The first kappa shape index (κ1) is 21.9. The summed E-state index contributed by atoms with van der Waals surface area (Å²) < 4.78 is 33.3. The number of ether oxygens (including phenoxy) is 1. The Labute approximate surface area is 172 Å². The summed E-state index contributed by atoms with van der Waals surface area (Å²) in [7, 11) is -2.90. The first-order chi connectivity index (χ1) is 12.9. The molecule has 0 spiro atoms. The van der Waals surface area contributed by atoms with E-state index in [2.05, 4.69) is 30.7 Å². The van der Waals surface area contributed by atoms with Gasteiger partial charge >= 0.3 is 5.97 Å². The summed E-state index contributed by atoms with van der Waals surface area (Å²) >= 11 is 3.21. The molecule has 2 N–H and O–H groups in total. The summed E-state index contributed by atoms with van der Waals surface area (Å²) in [5.74, 6) is -0.971. The molecule has 28 heavy (non-hydrogen) atoms. The highest BCUT2D eigenvalue weighted by Crippen LogP contribution is 2.26. The zero-order valence-electron chi connectivity index (χ0n) is 15.9.